The van der Waals surface area contributed by atoms with Crippen LogP contribution in [0.15, 0.2) is 64.0 Å². The van der Waals surface area contributed by atoms with Gasteiger partial charge in [-0.25, -0.2) is 0 Å². The smallest absolute Gasteiger partial charge is 0.283 e. The molecule has 1 aromatic heterocycles. The van der Waals surface area contributed by atoms with E-state index in [2.05, 4.69) is 16.7 Å². The lowest BCUT2D eigenvalue weighted by atomic mass is 10.1. The number of benzene rings is 1. The van der Waals surface area contributed by atoms with Crippen molar-refractivity contribution in [3.05, 3.63) is 64.4 Å². The lowest BCUT2D eigenvalue weighted by molar-refractivity contribution is -0.114. The van der Waals surface area contributed by atoms with Gasteiger partial charge in [0.15, 0.2) is 17.3 Å². The molecule has 0 unspecified atom stereocenters. The van der Waals surface area contributed by atoms with Crippen LogP contribution in [-0.2, 0) is 11.2 Å². The molecule has 9 heteroatoms. The van der Waals surface area contributed by atoms with E-state index < -0.39 is 5.91 Å². The third-order valence-corrected chi connectivity index (χ3v) is 6.04. The first-order valence-corrected chi connectivity index (χ1v) is 10.7. The van der Waals surface area contributed by atoms with Crippen molar-refractivity contribution in [1.82, 2.24) is 5.01 Å². The van der Waals surface area contributed by atoms with Gasteiger partial charge in [0, 0.05) is 11.3 Å². The molecule has 0 saturated heterocycles. The van der Waals surface area contributed by atoms with Crippen LogP contribution >= 0.6 is 23.1 Å². The summed E-state index contributed by atoms with van der Waals surface area (Å²) in [5, 5.41) is 17.6. The highest BCUT2D eigenvalue weighted by atomic mass is 32.2. The van der Waals surface area contributed by atoms with E-state index in [-0.39, 0.29) is 11.4 Å². The second-order valence-electron chi connectivity index (χ2n) is 6.28. The highest BCUT2D eigenvalue weighted by Crippen LogP contribution is 2.32. The Balaban J connectivity index is 1.59. The first kappa shape index (κ1) is 20.1. The minimum Gasteiger partial charge on any atom is -0.493 e. The maximum absolute atomic E-state index is 12.6. The van der Waals surface area contributed by atoms with Gasteiger partial charge in [-0.05, 0) is 47.0 Å². The number of hydrogen-bond donors (Lipinski definition) is 1. The zero-order valence-electron chi connectivity index (χ0n) is 16.1. The van der Waals surface area contributed by atoms with E-state index in [0.717, 1.165) is 5.04 Å². The summed E-state index contributed by atoms with van der Waals surface area (Å²) in [5.41, 5.74) is 0.862. The minimum atomic E-state index is -0.461. The van der Waals surface area contributed by atoms with Gasteiger partial charge in [0.1, 0.15) is 11.7 Å². The van der Waals surface area contributed by atoms with Gasteiger partial charge in [-0.1, -0.05) is 24.8 Å². The lowest BCUT2D eigenvalue weighted by Crippen LogP contribution is -2.35. The van der Waals surface area contributed by atoms with Crippen molar-refractivity contribution >= 4 is 51.1 Å². The topological polar surface area (TPSA) is 87.3 Å². The van der Waals surface area contributed by atoms with Crippen LogP contribution in [0.1, 0.15) is 10.4 Å². The van der Waals surface area contributed by atoms with Crippen molar-refractivity contribution in [2.75, 3.05) is 13.7 Å². The van der Waals surface area contributed by atoms with Crippen LogP contribution in [0.25, 0.3) is 6.08 Å². The number of rotatable bonds is 7. The average molecular weight is 439 g/mol. The molecule has 7 nitrogen and oxygen atoms in total. The molecule has 0 radical (unpaired) electrons. The van der Waals surface area contributed by atoms with Crippen molar-refractivity contribution in [1.29, 1.82) is 5.41 Å². The number of amides is 1. The number of ether oxygens (including phenoxy) is 2. The Morgan fingerprint density at radius 1 is 1.30 bits per heavy atom. The molecule has 1 amide bonds. The predicted molar refractivity (Wildman–Crippen MR) is 122 cm³/mol. The fraction of sp³-hybridized carbons (Fsp3) is 0.143. The summed E-state index contributed by atoms with van der Waals surface area (Å²) < 4.78 is 10.9. The van der Waals surface area contributed by atoms with Gasteiger partial charge in [-0.15, -0.1) is 11.3 Å². The van der Waals surface area contributed by atoms with Crippen molar-refractivity contribution < 1.29 is 14.3 Å². The predicted octanol–water partition coefficient (Wildman–Crippen LogP) is 4.18. The molecule has 0 atom stereocenters. The summed E-state index contributed by atoms with van der Waals surface area (Å²) in [5.74, 6) is 0.642. The number of nitrogens with one attached hydrogen (secondary N) is 1. The molecule has 3 heterocycles. The number of amidine groups is 2. The number of aliphatic imine (C=N–C) groups is 1. The summed E-state index contributed by atoms with van der Waals surface area (Å²) in [6.45, 7) is 3.99. The number of methoxy groups -OCH3 is 1. The van der Waals surface area contributed by atoms with Crippen LogP contribution in [0, 0.1) is 5.41 Å². The number of fused-ring (bicyclic) bond motifs is 1. The largest absolute Gasteiger partial charge is 0.493 e. The van der Waals surface area contributed by atoms with E-state index in [1.807, 2.05) is 17.5 Å². The molecule has 1 aromatic carbocycles. The van der Waals surface area contributed by atoms with Gasteiger partial charge in [0.2, 0.25) is 5.17 Å². The van der Waals surface area contributed by atoms with Crippen LogP contribution in [0.3, 0.4) is 0 Å². The van der Waals surface area contributed by atoms with Gasteiger partial charge < -0.3 is 9.47 Å². The van der Waals surface area contributed by atoms with E-state index >= 15 is 0 Å². The molecule has 152 valence electrons. The minimum absolute atomic E-state index is 0.00429. The van der Waals surface area contributed by atoms with Crippen molar-refractivity contribution in [3.63, 3.8) is 0 Å². The number of thiophene rings is 1. The highest BCUT2D eigenvalue weighted by Gasteiger charge is 2.35. The molecule has 4 rings (SSSR count). The third kappa shape index (κ3) is 4.07. The molecule has 0 saturated carbocycles. The fourth-order valence-electron chi connectivity index (χ4n) is 2.87. The molecule has 0 aliphatic carbocycles. The first-order chi connectivity index (χ1) is 14.6. The fourth-order valence-corrected chi connectivity index (χ4v) is 4.58. The summed E-state index contributed by atoms with van der Waals surface area (Å²) in [6, 6.07) is 9.31. The second kappa shape index (κ2) is 8.68. The van der Waals surface area contributed by atoms with Gasteiger partial charge in [0.05, 0.1) is 12.7 Å². The number of hydrazone groups is 1. The van der Waals surface area contributed by atoms with Gasteiger partial charge in [0.25, 0.3) is 5.91 Å². The summed E-state index contributed by atoms with van der Waals surface area (Å²) in [4.78, 5) is 17.9. The van der Waals surface area contributed by atoms with E-state index in [4.69, 9.17) is 14.9 Å². The molecule has 2 aliphatic heterocycles. The van der Waals surface area contributed by atoms with Crippen LogP contribution in [0.5, 0.6) is 11.5 Å². The van der Waals surface area contributed by atoms with Crippen molar-refractivity contribution in [3.8, 4) is 11.5 Å². The Morgan fingerprint density at radius 2 is 2.17 bits per heavy atom. The van der Waals surface area contributed by atoms with E-state index in [0.29, 0.717) is 35.3 Å². The van der Waals surface area contributed by atoms with Gasteiger partial charge >= 0.3 is 0 Å². The zero-order chi connectivity index (χ0) is 21.1. The summed E-state index contributed by atoms with van der Waals surface area (Å²) >= 11 is 2.97. The maximum Gasteiger partial charge on any atom is 0.283 e. The van der Waals surface area contributed by atoms with Crippen LogP contribution < -0.4 is 9.47 Å². The second-order valence-corrected chi connectivity index (χ2v) is 8.35. The molecule has 2 aromatic rings. The number of hydrogen-bond acceptors (Lipinski definition) is 7. The molecule has 0 bridgehead atoms. The van der Waals surface area contributed by atoms with Crippen molar-refractivity contribution in [2.24, 2.45) is 10.1 Å². The molecule has 2 aliphatic rings. The summed E-state index contributed by atoms with van der Waals surface area (Å²) in [6.07, 6.45) is 3.91. The van der Waals surface area contributed by atoms with Crippen molar-refractivity contribution in [2.45, 2.75) is 6.42 Å². The number of carbonyl (C=O) groups is 1. The monoisotopic (exact) mass is 438 g/mol. The Hall–Kier alpha value is -3.17. The zero-order valence-corrected chi connectivity index (χ0v) is 17.8. The number of carbonyl (C=O) groups excluding carboxylic acids is 1. The number of nitrogens with zero attached hydrogens (tertiary/aromatic N) is 3. The quantitative estimate of drug-likeness (QED) is 0.518. The standard InChI is InChI=1S/C21H18N4O3S2/c1-3-8-28-16-7-6-13(11-17(16)27-2)10-15-19(22)25-21(23-20(15)26)30-18(24-25)12-14-5-4-9-29-14/h3-7,9-11,22H,1,8,12H2,2H3/b15-10+,22-19?. The maximum atomic E-state index is 12.6. The van der Waals surface area contributed by atoms with E-state index in [1.165, 1.54) is 21.6 Å². The normalized spacial score (nSPS) is 17.0. The Morgan fingerprint density at radius 3 is 2.90 bits per heavy atom. The number of thioether (sulfide) groups is 1. The Labute approximate surface area is 181 Å². The average Bonchev–Trinajstić information content (AvgIpc) is 3.40. The SMILES string of the molecule is C=CCOc1ccc(/C=C2\C(=N)N3N=C(Cc4cccs4)SC3=NC2=O)cc1OC. The lowest BCUT2D eigenvalue weighted by Gasteiger charge is -2.20. The third-order valence-electron chi connectivity index (χ3n) is 4.26. The van der Waals surface area contributed by atoms with E-state index in [9.17, 15) is 4.79 Å². The summed E-state index contributed by atoms with van der Waals surface area (Å²) in [7, 11) is 1.54. The van der Waals surface area contributed by atoms with Crippen LogP contribution in [0.4, 0.5) is 0 Å². The highest BCUT2D eigenvalue weighted by molar-refractivity contribution is 8.27. The molecular formula is C21H18N4O3S2. The molecular weight excluding hydrogens is 420 g/mol. The van der Waals surface area contributed by atoms with Crippen LogP contribution in [-0.4, -0.2) is 40.7 Å². The Kier molecular flexibility index (Phi) is 5.82. The van der Waals surface area contributed by atoms with Gasteiger partial charge in [-0.2, -0.15) is 15.1 Å². The van der Waals surface area contributed by atoms with E-state index in [1.54, 1.807) is 48.8 Å². The van der Waals surface area contributed by atoms with Crippen LogP contribution in [0.2, 0.25) is 0 Å². The molecule has 30 heavy (non-hydrogen) atoms. The Bertz CT molecular complexity index is 1100. The first-order valence-electron chi connectivity index (χ1n) is 9.02. The molecule has 0 fully saturated rings. The molecule has 1 N–H and O–H groups in total. The molecule has 0 spiro atoms. The van der Waals surface area contributed by atoms with Gasteiger partial charge in [-0.3, -0.25) is 10.2 Å².